The van der Waals surface area contributed by atoms with Crippen molar-refractivity contribution >= 4 is 9.84 Å². The number of hydrogen-bond acceptors (Lipinski definition) is 2. The molecule has 0 amide bonds. The molecule has 0 radical (unpaired) electrons. The molecule has 0 saturated heterocycles. The van der Waals surface area contributed by atoms with E-state index in [2.05, 4.69) is 11.4 Å². The molecule has 2 aromatic rings. The molecule has 0 aromatic heterocycles. The Morgan fingerprint density at radius 2 is 1.73 bits per heavy atom. The smallest absolute Gasteiger partial charge is 0.287 e. The molecule has 22 heavy (non-hydrogen) atoms. The summed E-state index contributed by atoms with van der Waals surface area (Å²) in [6, 6.07) is 15.2. The van der Waals surface area contributed by atoms with Crippen molar-refractivity contribution in [1.82, 2.24) is 0 Å². The first-order valence-corrected chi connectivity index (χ1v) is 8.32. The van der Waals surface area contributed by atoms with Crippen LogP contribution in [0.3, 0.4) is 0 Å². The molecule has 0 fully saturated rings. The van der Waals surface area contributed by atoms with Crippen molar-refractivity contribution in [3.8, 4) is 0 Å². The zero-order valence-corrected chi connectivity index (χ0v) is 13.2. The van der Waals surface area contributed by atoms with E-state index in [1.165, 1.54) is 6.08 Å². The van der Waals surface area contributed by atoms with E-state index >= 15 is 0 Å². The van der Waals surface area contributed by atoms with Crippen LogP contribution in [0.2, 0.25) is 0 Å². The Morgan fingerprint density at radius 1 is 1.14 bits per heavy atom. The lowest BCUT2D eigenvalue weighted by Gasteiger charge is -2.21. The van der Waals surface area contributed by atoms with E-state index in [-0.39, 0.29) is 11.3 Å². The minimum absolute atomic E-state index is 0.0384. The lowest BCUT2D eigenvalue weighted by Crippen LogP contribution is -2.32. The number of rotatable bonds is 5. The Balaban J connectivity index is 2.71. The summed E-state index contributed by atoms with van der Waals surface area (Å²) in [5.74, 6) is 0. The molecular weight excluding hydrogens is 294 g/mol. The molecule has 0 saturated carbocycles. The Bertz CT molecular complexity index is 802. The van der Waals surface area contributed by atoms with Crippen molar-refractivity contribution in [1.29, 1.82) is 0 Å². The first-order chi connectivity index (χ1) is 10.5. The summed E-state index contributed by atoms with van der Waals surface area (Å²) in [5.41, 5.74) is 1.43. The second-order valence-electron chi connectivity index (χ2n) is 5.07. The van der Waals surface area contributed by atoms with Crippen LogP contribution >= 0.6 is 0 Å². The van der Waals surface area contributed by atoms with Crippen LogP contribution in [0.1, 0.15) is 17.5 Å². The molecule has 2 aromatic carbocycles. The van der Waals surface area contributed by atoms with Gasteiger partial charge in [-0.15, -0.1) is 6.58 Å². The molecule has 0 spiro atoms. The Labute approximate surface area is 131 Å². The van der Waals surface area contributed by atoms with E-state index in [0.717, 1.165) is 5.56 Å². The lowest BCUT2D eigenvalue weighted by molar-refractivity contribution is 0.557. The number of hydrogen-bond donors (Lipinski definition) is 0. The quantitative estimate of drug-likeness (QED) is 0.615. The van der Waals surface area contributed by atoms with E-state index in [1.54, 1.807) is 54.6 Å². The monoisotopic (exact) mass is 311 g/mol. The minimum atomic E-state index is -3.87. The molecule has 112 valence electrons. The fraction of sp³-hybridized carbons (Fsp3) is 0.167. The van der Waals surface area contributed by atoms with Crippen LogP contribution in [0.15, 0.2) is 72.1 Å². The molecule has 0 bridgehead atoms. The van der Waals surface area contributed by atoms with E-state index in [4.69, 9.17) is 6.57 Å². The van der Waals surface area contributed by atoms with Crippen LogP contribution in [-0.4, -0.2) is 8.42 Å². The van der Waals surface area contributed by atoms with Gasteiger partial charge in [0.25, 0.3) is 9.84 Å². The maximum atomic E-state index is 13.1. The SMILES string of the molecule is [C-]#[N+]C(CC=C)(c1ccccc1)S(=O)(=O)c1ccc(C)cc1. The van der Waals surface area contributed by atoms with Crippen molar-refractivity contribution in [2.24, 2.45) is 0 Å². The molecule has 0 aliphatic rings. The molecule has 4 heteroatoms. The van der Waals surface area contributed by atoms with Crippen LogP contribution in [0.5, 0.6) is 0 Å². The van der Waals surface area contributed by atoms with Crippen molar-refractivity contribution in [2.75, 3.05) is 0 Å². The van der Waals surface area contributed by atoms with Gasteiger partial charge in [0, 0.05) is 0 Å². The zero-order valence-electron chi connectivity index (χ0n) is 12.4. The van der Waals surface area contributed by atoms with Gasteiger partial charge >= 0.3 is 4.87 Å². The van der Waals surface area contributed by atoms with E-state index < -0.39 is 14.7 Å². The fourth-order valence-electron chi connectivity index (χ4n) is 2.36. The summed E-state index contributed by atoms with van der Waals surface area (Å²) < 4.78 is 26.3. The topological polar surface area (TPSA) is 38.5 Å². The Hall–Kier alpha value is -2.38. The van der Waals surface area contributed by atoms with Gasteiger partial charge in [0.15, 0.2) is 0 Å². The van der Waals surface area contributed by atoms with E-state index in [1.807, 2.05) is 6.92 Å². The molecule has 0 aliphatic heterocycles. The molecule has 0 N–H and O–H groups in total. The van der Waals surface area contributed by atoms with Crippen LogP contribution in [0.4, 0.5) is 0 Å². The molecule has 1 unspecified atom stereocenters. The van der Waals surface area contributed by atoms with Crippen LogP contribution < -0.4 is 0 Å². The van der Waals surface area contributed by atoms with Gasteiger partial charge in [-0.1, -0.05) is 42.0 Å². The van der Waals surface area contributed by atoms with Crippen molar-refractivity contribution in [3.05, 3.63) is 89.8 Å². The van der Waals surface area contributed by atoms with E-state index in [0.29, 0.717) is 5.56 Å². The molecule has 1 atom stereocenters. The first kappa shape index (κ1) is 16.0. The van der Waals surface area contributed by atoms with Crippen LogP contribution in [0.25, 0.3) is 4.85 Å². The predicted molar refractivity (Wildman–Crippen MR) is 87.9 cm³/mol. The fourth-order valence-corrected chi connectivity index (χ4v) is 4.15. The first-order valence-electron chi connectivity index (χ1n) is 6.84. The molecule has 0 aliphatic carbocycles. The molecule has 2 rings (SSSR count). The summed E-state index contributed by atoms with van der Waals surface area (Å²) in [5, 5.41) is 0. The maximum absolute atomic E-state index is 13.1. The third-order valence-corrected chi connectivity index (χ3v) is 5.88. The lowest BCUT2D eigenvalue weighted by atomic mass is 10.0. The summed E-state index contributed by atoms with van der Waals surface area (Å²) in [6.07, 6.45) is 1.52. The number of sulfone groups is 1. The number of benzene rings is 2. The second-order valence-corrected chi connectivity index (χ2v) is 7.23. The summed E-state index contributed by atoms with van der Waals surface area (Å²) in [4.78, 5) is 2.02. The van der Waals surface area contributed by atoms with Gasteiger partial charge < -0.3 is 0 Å². The highest BCUT2D eigenvalue weighted by atomic mass is 32.2. The van der Waals surface area contributed by atoms with Gasteiger partial charge in [0.2, 0.25) is 0 Å². The number of nitrogens with zero attached hydrogens (tertiary/aromatic N) is 1. The van der Waals surface area contributed by atoms with Crippen molar-refractivity contribution in [2.45, 2.75) is 23.1 Å². The molecule has 0 heterocycles. The third kappa shape index (κ3) is 2.56. The normalized spacial score (nSPS) is 13.8. The van der Waals surface area contributed by atoms with Gasteiger partial charge in [0.1, 0.15) is 0 Å². The standard InChI is InChI=1S/C18H17NO2S/c1-4-14-18(19-3,16-8-6-5-7-9-16)22(20,21)17-12-10-15(2)11-13-17/h4-13H,1,14H2,2H3. The predicted octanol–water partition coefficient (Wildman–Crippen LogP) is 4.12. The van der Waals surface area contributed by atoms with Crippen LogP contribution in [0, 0.1) is 13.5 Å². The Kier molecular flexibility index (Phi) is 4.48. The van der Waals surface area contributed by atoms with Crippen molar-refractivity contribution < 1.29 is 8.42 Å². The zero-order chi connectivity index (χ0) is 16.2. The highest BCUT2D eigenvalue weighted by molar-refractivity contribution is 7.92. The molecule has 3 nitrogen and oxygen atoms in total. The van der Waals surface area contributed by atoms with Gasteiger partial charge in [-0.2, -0.15) is 0 Å². The molecular formula is C18H17NO2S. The second kappa shape index (κ2) is 6.17. The third-order valence-electron chi connectivity index (χ3n) is 3.60. The average molecular weight is 311 g/mol. The highest BCUT2D eigenvalue weighted by Crippen LogP contribution is 2.40. The highest BCUT2D eigenvalue weighted by Gasteiger charge is 2.52. The van der Waals surface area contributed by atoms with Crippen LogP contribution in [-0.2, 0) is 14.7 Å². The van der Waals surface area contributed by atoms with E-state index in [9.17, 15) is 8.42 Å². The maximum Gasteiger partial charge on any atom is 0.361 e. The van der Waals surface area contributed by atoms with Gasteiger partial charge in [-0.25, -0.2) is 15.0 Å². The van der Waals surface area contributed by atoms with Crippen molar-refractivity contribution in [3.63, 3.8) is 0 Å². The summed E-state index contributed by atoms with van der Waals surface area (Å²) in [6.45, 7) is 13.1. The number of aryl methyl sites for hydroxylation is 1. The summed E-state index contributed by atoms with van der Waals surface area (Å²) >= 11 is 0. The Morgan fingerprint density at radius 3 is 2.23 bits per heavy atom. The van der Waals surface area contributed by atoms with Gasteiger partial charge in [-0.05, 0) is 31.2 Å². The largest absolute Gasteiger partial charge is 0.361 e. The summed E-state index contributed by atoms with van der Waals surface area (Å²) in [7, 11) is -3.87. The van der Waals surface area contributed by atoms with Gasteiger partial charge in [-0.3, -0.25) is 4.85 Å². The van der Waals surface area contributed by atoms with Gasteiger partial charge in [0.05, 0.1) is 16.9 Å². The average Bonchev–Trinajstić information content (AvgIpc) is 2.53. The minimum Gasteiger partial charge on any atom is -0.287 e.